The van der Waals surface area contributed by atoms with Gasteiger partial charge in [0.1, 0.15) is 11.4 Å². The molecule has 0 N–H and O–H groups in total. The minimum absolute atomic E-state index is 0.327. The molecule has 0 spiro atoms. The lowest BCUT2D eigenvalue weighted by Gasteiger charge is -2.25. The molecule has 19 heavy (non-hydrogen) atoms. The number of amides is 1. The number of nitrogens with zero attached hydrogens (tertiary/aromatic N) is 1. The van der Waals surface area contributed by atoms with Gasteiger partial charge in [-0.3, -0.25) is 4.90 Å². The van der Waals surface area contributed by atoms with E-state index in [4.69, 9.17) is 9.47 Å². The second kappa shape index (κ2) is 5.04. The number of carbonyl (C=O) groups excluding carboxylic acids is 1. The number of hydrogen-bond donors (Lipinski definition) is 0. The van der Waals surface area contributed by atoms with Crippen molar-refractivity contribution in [2.75, 3.05) is 18.6 Å². The van der Waals surface area contributed by atoms with E-state index in [0.29, 0.717) is 12.3 Å². The molecule has 1 heterocycles. The van der Waals surface area contributed by atoms with E-state index in [2.05, 4.69) is 15.9 Å². The van der Waals surface area contributed by atoms with Crippen LogP contribution in [0.4, 0.5) is 10.5 Å². The molecule has 0 saturated heterocycles. The molecule has 0 atom stereocenters. The number of rotatable bonds is 1. The van der Waals surface area contributed by atoms with E-state index >= 15 is 0 Å². The van der Waals surface area contributed by atoms with Crippen molar-refractivity contribution >= 4 is 27.7 Å². The smallest absolute Gasteiger partial charge is 0.414 e. The van der Waals surface area contributed by atoms with Crippen molar-refractivity contribution in [1.29, 1.82) is 0 Å². The molecule has 104 valence electrons. The molecule has 0 bridgehead atoms. The quantitative estimate of drug-likeness (QED) is 0.788. The number of ether oxygens (including phenoxy) is 2. The van der Waals surface area contributed by atoms with Crippen LogP contribution < -0.4 is 9.64 Å². The maximum Gasteiger partial charge on any atom is 0.414 e. The maximum atomic E-state index is 12.2. The second-order valence-electron chi connectivity index (χ2n) is 5.50. The molecule has 4 nitrogen and oxygen atoms in total. The zero-order valence-corrected chi connectivity index (χ0v) is 13.2. The fourth-order valence-corrected chi connectivity index (χ4v) is 2.61. The van der Waals surface area contributed by atoms with E-state index < -0.39 is 5.60 Å². The Morgan fingerprint density at radius 1 is 1.37 bits per heavy atom. The van der Waals surface area contributed by atoms with E-state index in [1.807, 2.05) is 32.9 Å². The van der Waals surface area contributed by atoms with Gasteiger partial charge in [-0.2, -0.15) is 0 Å². The van der Waals surface area contributed by atoms with Gasteiger partial charge in [0.25, 0.3) is 0 Å². The number of halogens is 1. The van der Waals surface area contributed by atoms with E-state index in [1.54, 1.807) is 12.0 Å². The van der Waals surface area contributed by atoms with Gasteiger partial charge in [-0.05, 0) is 44.9 Å². The predicted octanol–water partition coefficient (Wildman–Crippen LogP) is 3.76. The summed E-state index contributed by atoms with van der Waals surface area (Å²) in [6, 6.07) is 3.88. The SMILES string of the molecule is COc1cc(Br)cc2c1N(C(=O)OC(C)(C)C)CC2. The van der Waals surface area contributed by atoms with Crippen LogP contribution in [0.1, 0.15) is 26.3 Å². The Kier molecular flexibility index (Phi) is 3.76. The molecule has 0 unspecified atom stereocenters. The first-order valence-electron chi connectivity index (χ1n) is 6.19. The van der Waals surface area contributed by atoms with Gasteiger partial charge in [0, 0.05) is 11.0 Å². The summed E-state index contributed by atoms with van der Waals surface area (Å²) in [5.41, 5.74) is 1.42. The Balaban J connectivity index is 2.33. The number of benzene rings is 1. The summed E-state index contributed by atoms with van der Waals surface area (Å²) >= 11 is 3.45. The minimum atomic E-state index is -0.498. The third-order valence-corrected chi connectivity index (χ3v) is 3.28. The summed E-state index contributed by atoms with van der Waals surface area (Å²) in [6.45, 7) is 6.21. The average Bonchev–Trinajstić information content (AvgIpc) is 2.69. The van der Waals surface area contributed by atoms with Gasteiger partial charge in [-0.1, -0.05) is 15.9 Å². The monoisotopic (exact) mass is 327 g/mol. The summed E-state index contributed by atoms with van der Waals surface area (Å²) < 4.78 is 11.7. The van der Waals surface area contributed by atoms with Crippen LogP contribution in [-0.4, -0.2) is 25.3 Å². The Hall–Kier alpha value is -1.23. The molecule has 1 aromatic carbocycles. The zero-order chi connectivity index (χ0) is 14.2. The minimum Gasteiger partial charge on any atom is -0.495 e. The van der Waals surface area contributed by atoms with Gasteiger partial charge in [0.2, 0.25) is 0 Å². The van der Waals surface area contributed by atoms with Crippen molar-refractivity contribution in [1.82, 2.24) is 0 Å². The van der Waals surface area contributed by atoms with Crippen LogP contribution in [0.3, 0.4) is 0 Å². The summed E-state index contributed by atoms with van der Waals surface area (Å²) in [4.78, 5) is 13.9. The molecule has 1 amide bonds. The molecule has 2 rings (SSSR count). The highest BCUT2D eigenvalue weighted by molar-refractivity contribution is 9.10. The van der Waals surface area contributed by atoms with Crippen LogP contribution in [0.25, 0.3) is 0 Å². The van der Waals surface area contributed by atoms with Gasteiger partial charge in [0.15, 0.2) is 0 Å². The number of fused-ring (bicyclic) bond motifs is 1. The lowest BCUT2D eigenvalue weighted by Crippen LogP contribution is -2.35. The van der Waals surface area contributed by atoms with Crippen LogP contribution in [0, 0.1) is 0 Å². The van der Waals surface area contributed by atoms with Crippen molar-refractivity contribution < 1.29 is 14.3 Å². The molecule has 1 aliphatic heterocycles. The molecule has 5 heteroatoms. The molecule has 0 radical (unpaired) electrons. The summed E-state index contributed by atoms with van der Waals surface area (Å²) in [6.07, 6.45) is 0.483. The highest BCUT2D eigenvalue weighted by Crippen LogP contribution is 2.40. The molecule has 0 saturated carbocycles. The lowest BCUT2D eigenvalue weighted by atomic mass is 10.1. The Morgan fingerprint density at radius 3 is 2.63 bits per heavy atom. The number of carbonyl (C=O) groups is 1. The highest BCUT2D eigenvalue weighted by atomic mass is 79.9. The summed E-state index contributed by atoms with van der Waals surface area (Å²) in [7, 11) is 1.60. The van der Waals surface area contributed by atoms with Crippen LogP contribution in [-0.2, 0) is 11.2 Å². The second-order valence-corrected chi connectivity index (χ2v) is 6.41. The zero-order valence-electron chi connectivity index (χ0n) is 11.6. The molecule has 0 fully saturated rings. The standard InChI is InChI=1S/C14H18BrNO3/c1-14(2,3)19-13(17)16-6-5-9-7-10(15)8-11(18-4)12(9)16/h7-8H,5-6H2,1-4H3. The van der Waals surface area contributed by atoms with Crippen molar-refractivity contribution in [3.8, 4) is 5.75 Å². The van der Waals surface area contributed by atoms with E-state index in [1.165, 1.54) is 0 Å². The molecule has 0 aliphatic carbocycles. The van der Waals surface area contributed by atoms with E-state index in [9.17, 15) is 4.79 Å². The largest absolute Gasteiger partial charge is 0.495 e. The normalized spacial score (nSPS) is 14.3. The molecule has 1 aromatic rings. The van der Waals surface area contributed by atoms with Gasteiger partial charge < -0.3 is 9.47 Å². The van der Waals surface area contributed by atoms with Crippen LogP contribution in [0.2, 0.25) is 0 Å². The fourth-order valence-electron chi connectivity index (χ4n) is 2.12. The summed E-state index contributed by atoms with van der Waals surface area (Å²) in [5.74, 6) is 0.688. The Morgan fingerprint density at radius 2 is 2.05 bits per heavy atom. The van der Waals surface area contributed by atoms with Gasteiger partial charge in [-0.15, -0.1) is 0 Å². The average molecular weight is 328 g/mol. The van der Waals surface area contributed by atoms with Crippen molar-refractivity contribution in [2.45, 2.75) is 32.8 Å². The van der Waals surface area contributed by atoms with Gasteiger partial charge in [0.05, 0.1) is 12.8 Å². The maximum absolute atomic E-state index is 12.2. The van der Waals surface area contributed by atoms with Crippen LogP contribution >= 0.6 is 15.9 Å². The first-order valence-corrected chi connectivity index (χ1v) is 6.98. The molecular weight excluding hydrogens is 310 g/mol. The first-order chi connectivity index (χ1) is 8.81. The third kappa shape index (κ3) is 3.03. The van der Waals surface area contributed by atoms with Gasteiger partial charge in [-0.25, -0.2) is 4.79 Å². The van der Waals surface area contributed by atoms with Crippen LogP contribution in [0.5, 0.6) is 5.75 Å². The highest BCUT2D eigenvalue weighted by Gasteiger charge is 2.31. The van der Waals surface area contributed by atoms with Crippen molar-refractivity contribution in [3.63, 3.8) is 0 Å². The molecular formula is C14H18BrNO3. The van der Waals surface area contributed by atoms with E-state index in [0.717, 1.165) is 22.1 Å². The summed E-state index contributed by atoms with van der Waals surface area (Å²) in [5, 5.41) is 0. The number of methoxy groups -OCH3 is 1. The third-order valence-electron chi connectivity index (χ3n) is 2.83. The van der Waals surface area contributed by atoms with Crippen molar-refractivity contribution in [3.05, 3.63) is 22.2 Å². The fraction of sp³-hybridized carbons (Fsp3) is 0.500. The van der Waals surface area contributed by atoms with Crippen LogP contribution in [0.15, 0.2) is 16.6 Å². The first kappa shape index (κ1) is 14.2. The van der Waals surface area contributed by atoms with E-state index in [-0.39, 0.29) is 6.09 Å². The molecule has 1 aliphatic rings. The number of anilines is 1. The Labute approximate surface area is 121 Å². The van der Waals surface area contributed by atoms with Gasteiger partial charge >= 0.3 is 6.09 Å². The van der Waals surface area contributed by atoms with Crippen molar-refractivity contribution in [2.24, 2.45) is 0 Å². The predicted molar refractivity (Wildman–Crippen MR) is 78.0 cm³/mol. The Bertz CT molecular complexity index is 508. The topological polar surface area (TPSA) is 38.8 Å². The number of hydrogen-bond acceptors (Lipinski definition) is 3. The lowest BCUT2D eigenvalue weighted by molar-refractivity contribution is 0.0583. The molecule has 0 aromatic heterocycles.